The summed E-state index contributed by atoms with van der Waals surface area (Å²) >= 11 is 1.31. The molecule has 3 nitrogen and oxygen atoms in total. The highest BCUT2D eigenvalue weighted by Gasteiger charge is 2.36. The first-order valence-corrected chi connectivity index (χ1v) is 9.77. The van der Waals surface area contributed by atoms with E-state index in [1.165, 1.54) is 30.0 Å². The van der Waals surface area contributed by atoms with Gasteiger partial charge in [-0.05, 0) is 24.3 Å². The van der Waals surface area contributed by atoms with Crippen LogP contribution in [0.4, 0.5) is 13.6 Å². The van der Waals surface area contributed by atoms with Crippen LogP contribution in [0.5, 0.6) is 0 Å². The van der Waals surface area contributed by atoms with Gasteiger partial charge in [-0.25, -0.2) is 13.6 Å². The van der Waals surface area contributed by atoms with Crippen LogP contribution in [0.3, 0.4) is 0 Å². The largest absolute Gasteiger partial charge is 0.445 e. The Balaban J connectivity index is 2.26. The number of carbonyl (C=O) groups is 1. The van der Waals surface area contributed by atoms with Gasteiger partial charge in [-0.3, -0.25) is 0 Å². The molecule has 2 rings (SSSR count). The molecule has 0 bridgehead atoms. The number of thioether (sulfide) groups is 1. The summed E-state index contributed by atoms with van der Waals surface area (Å²) in [6.45, 7) is -1.01. The number of terminal acetylenes is 1. The normalized spacial score (nSPS) is 13.3. The van der Waals surface area contributed by atoms with Crippen molar-refractivity contribution in [3.05, 3.63) is 82.5 Å². The highest BCUT2D eigenvalue weighted by molar-refractivity contribution is 8.02. The molecule has 0 aliphatic carbocycles. The minimum atomic E-state index is -1.63. The Kier molecular flexibility index (Phi) is 8.09. The van der Waals surface area contributed by atoms with Gasteiger partial charge in [0, 0.05) is 5.56 Å². The highest BCUT2D eigenvalue weighted by Crippen LogP contribution is 2.30. The molecule has 1 amide bonds. The number of nitrogens with one attached hydrogen (secondary N) is 1. The second kappa shape index (κ2) is 10.5. The maximum atomic E-state index is 14.4. The number of carbonyl (C=O) groups excluding carboxylic acids is 1. The Hall–Kier alpha value is -2.78. The lowest BCUT2D eigenvalue weighted by molar-refractivity contribution is 0.119. The molecule has 28 heavy (non-hydrogen) atoms. The third kappa shape index (κ3) is 5.61. The van der Waals surface area contributed by atoms with Gasteiger partial charge < -0.3 is 10.1 Å². The minimum Gasteiger partial charge on any atom is -0.445 e. The van der Waals surface area contributed by atoms with Crippen molar-refractivity contribution in [2.45, 2.75) is 18.6 Å². The monoisotopic (exact) mass is 401 g/mol. The smallest absolute Gasteiger partial charge is 0.408 e. The Labute approximate surface area is 168 Å². The number of rotatable bonds is 8. The summed E-state index contributed by atoms with van der Waals surface area (Å²) in [6, 6.07) is 14.8. The molecule has 146 valence electrons. The molecule has 6 heteroatoms. The summed E-state index contributed by atoms with van der Waals surface area (Å²) in [5.41, 5.74) is -0.814. The fourth-order valence-electron chi connectivity index (χ4n) is 2.66. The van der Waals surface area contributed by atoms with E-state index in [4.69, 9.17) is 11.2 Å². The zero-order valence-electron chi connectivity index (χ0n) is 15.5. The summed E-state index contributed by atoms with van der Waals surface area (Å²) in [7, 11) is 0. The van der Waals surface area contributed by atoms with Gasteiger partial charge in [-0.2, -0.15) is 0 Å². The third-order valence-electron chi connectivity index (χ3n) is 4.17. The summed E-state index contributed by atoms with van der Waals surface area (Å²) in [6.07, 6.45) is 7.94. The molecule has 0 saturated carbocycles. The fraction of sp³-hybridized carbons (Fsp3) is 0.227. The molecule has 0 fully saturated rings. The van der Waals surface area contributed by atoms with Crippen molar-refractivity contribution in [3.63, 3.8) is 0 Å². The van der Waals surface area contributed by atoms with Gasteiger partial charge in [0.1, 0.15) is 24.6 Å². The van der Waals surface area contributed by atoms with E-state index < -0.39 is 24.1 Å². The van der Waals surface area contributed by atoms with Gasteiger partial charge in [0.2, 0.25) is 0 Å². The lowest BCUT2D eigenvalue weighted by Gasteiger charge is -2.31. The second-order valence-corrected chi connectivity index (χ2v) is 6.85. The quantitative estimate of drug-likeness (QED) is 0.619. The molecule has 0 saturated heterocycles. The van der Waals surface area contributed by atoms with Crippen LogP contribution >= 0.6 is 11.8 Å². The second-order valence-electron chi connectivity index (χ2n) is 6.00. The average molecular weight is 401 g/mol. The van der Waals surface area contributed by atoms with Crippen LogP contribution in [0.1, 0.15) is 17.5 Å². The molecule has 1 N–H and O–H groups in total. The van der Waals surface area contributed by atoms with Crippen LogP contribution in [0, 0.1) is 18.2 Å². The number of hydrogen-bond donors (Lipinski definition) is 1. The van der Waals surface area contributed by atoms with Crippen molar-refractivity contribution in [3.8, 4) is 12.3 Å². The van der Waals surface area contributed by atoms with Gasteiger partial charge >= 0.3 is 6.09 Å². The fourth-order valence-corrected chi connectivity index (χ4v) is 3.03. The number of amides is 1. The van der Waals surface area contributed by atoms with E-state index in [9.17, 15) is 13.6 Å². The van der Waals surface area contributed by atoms with E-state index in [1.54, 1.807) is 30.5 Å². The summed E-state index contributed by atoms with van der Waals surface area (Å²) in [4.78, 5) is 12.9. The zero-order valence-corrected chi connectivity index (χ0v) is 16.3. The van der Waals surface area contributed by atoms with E-state index in [-0.39, 0.29) is 18.6 Å². The van der Waals surface area contributed by atoms with Gasteiger partial charge in [0.25, 0.3) is 0 Å². The van der Waals surface area contributed by atoms with Crippen LogP contribution in [0.15, 0.2) is 65.6 Å². The molecule has 2 aromatic carbocycles. The first-order valence-electron chi connectivity index (χ1n) is 8.55. The average Bonchev–Trinajstić information content (AvgIpc) is 2.73. The maximum absolute atomic E-state index is 14.4. The Bertz CT molecular complexity index is 864. The summed E-state index contributed by atoms with van der Waals surface area (Å²) < 4.78 is 33.9. The van der Waals surface area contributed by atoms with Crippen molar-refractivity contribution in [2.24, 2.45) is 0 Å². The van der Waals surface area contributed by atoms with Crippen LogP contribution in [-0.4, -0.2) is 19.0 Å². The van der Waals surface area contributed by atoms with E-state index in [0.717, 1.165) is 5.56 Å². The van der Waals surface area contributed by atoms with E-state index >= 15 is 0 Å². The minimum absolute atomic E-state index is 0.0164. The molecule has 0 aromatic heterocycles. The summed E-state index contributed by atoms with van der Waals surface area (Å²) in [5, 5.41) is 2.51. The Morgan fingerprint density at radius 2 is 1.93 bits per heavy atom. The van der Waals surface area contributed by atoms with Crippen molar-refractivity contribution in [1.82, 2.24) is 5.32 Å². The number of halogens is 2. The first-order chi connectivity index (χ1) is 13.5. The number of hydrogen-bond acceptors (Lipinski definition) is 3. The highest BCUT2D eigenvalue weighted by atomic mass is 32.2. The number of benzene rings is 2. The number of alkyl halides is 1. The van der Waals surface area contributed by atoms with E-state index in [2.05, 4.69) is 11.2 Å². The van der Waals surface area contributed by atoms with Gasteiger partial charge in [0.15, 0.2) is 0 Å². The van der Waals surface area contributed by atoms with Crippen LogP contribution in [0.25, 0.3) is 0 Å². The van der Waals surface area contributed by atoms with Crippen LogP contribution in [0.2, 0.25) is 0 Å². The lowest BCUT2D eigenvalue weighted by Crippen LogP contribution is -2.48. The van der Waals surface area contributed by atoms with Crippen molar-refractivity contribution in [2.75, 3.05) is 12.9 Å². The van der Waals surface area contributed by atoms with Crippen LogP contribution in [-0.2, 0) is 16.9 Å². The maximum Gasteiger partial charge on any atom is 0.408 e. The Morgan fingerprint density at radius 3 is 2.54 bits per heavy atom. The molecule has 0 spiro atoms. The van der Waals surface area contributed by atoms with Gasteiger partial charge in [0.05, 0.1) is 4.91 Å². The standard InChI is InChI=1S/C22H21F2NO2S/c1-3-18(28-2)13-14-22(16-23,19-11-7-8-12-20(19)24)25-21(26)27-15-17-9-5-4-6-10-17/h1,4-13H,14-16H2,2H3,(H,25,26)/b18-13+. The summed E-state index contributed by atoms with van der Waals surface area (Å²) in [5.74, 6) is 1.86. The predicted molar refractivity (Wildman–Crippen MR) is 109 cm³/mol. The number of alkyl carbamates (subject to hydrolysis) is 1. The molecule has 0 heterocycles. The zero-order chi connectivity index (χ0) is 20.4. The predicted octanol–water partition coefficient (Wildman–Crippen LogP) is 5.19. The van der Waals surface area contributed by atoms with Gasteiger partial charge in [-0.15, -0.1) is 18.2 Å². The van der Waals surface area contributed by atoms with Crippen molar-refractivity contribution in [1.29, 1.82) is 0 Å². The number of ether oxygens (including phenoxy) is 1. The molecule has 2 aromatic rings. The first kappa shape index (κ1) is 21.5. The SMILES string of the molecule is C#C/C(=C\CC(CF)(NC(=O)OCc1ccccc1)c1ccccc1F)SC. The van der Waals surface area contributed by atoms with Crippen LogP contribution < -0.4 is 5.32 Å². The molecule has 1 atom stereocenters. The van der Waals surface area contributed by atoms with E-state index in [1.807, 2.05) is 18.2 Å². The topological polar surface area (TPSA) is 38.3 Å². The molecule has 1 unspecified atom stereocenters. The lowest BCUT2D eigenvalue weighted by atomic mass is 9.87. The molecular formula is C22H21F2NO2S. The van der Waals surface area contributed by atoms with Crippen molar-refractivity contribution < 1.29 is 18.3 Å². The molecule has 0 aliphatic rings. The molecule has 0 radical (unpaired) electrons. The third-order valence-corrected chi connectivity index (χ3v) is 4.89. The molecular weight excluding hydrogens is 380 g/mol. The Morgan fingerprint density at radius 1 is 1.25 bits per heavy atom. The van der Waals surface area contributed by atoms with Crippen molar-refractivity contribution >= 4 is 17.9 Å². The van der Waals surface area contributed by atoms with Gasteiger partial charge in [-0.1, -0.05) is 60.5 Å². The molecule has 0 aliphatic heterocycles. The van der Waals surface area contributed by atoms with E-state index in [0.29, 0.717) is 4.91 Å². The number of allylic oxidation sites excluding steroid dienone is 1.